The summed E-state index contributed by atoms with van der Waals surface area (Å²) in [5.41, 5.74) is 1.11. The lowest BCUT2D eigenvalue weighted by molar-refractivity contribution is -0.141. The molecule has 13 heteroatoms. The topological polar surface area (TPSA) is 152 Å². The minimum atomic E-state index is -4.42. The molecule has 3 rings (SSSR count). The third kappa shape index (κ3) is 7.18. The predicted octanol–water partition coefficient (Wildman–Crippen LogP) is 3.20. The highest BCUT2D eigenvalue weighted by atomic mass is 32.3. The number of nitriles is 1. The molecule has 0 bridgehead atoms. The molecule has 0 aliphatic carbocycles. The largest absolute Gasteiger partial charge is 0.493 e. The fraction of sp³-hybridized carbons (Fsp3) is 0.231. The minimum Gasteiger partial charge on any atom is -0.493 e. The van der Waals surface area contributed by atoms with Crippen molar-refractivity contribution in [1.82, 2.24) is 0 Å². The van der Waals surface area contributed by atoms with E-state index >= 15 is 0 Å². The van der Waals surface area contributed by atoms with E-state index in [-0.39, 0.29) is 33.1 Å². The van der Waals surface area contributed by atoms with Crippen molar-refractivity contribution in [2.24, 2.45) is 0 Å². The highest BCUT2D eigenvalue weighted by Crippen LogP contribution is 2.41. The van der Waals surface area contributed by atoms with Crippen LogP contribution in [-0.2, 0) is 36.2 Å². The Kier molecular flexibility index (Phi) is 9.05. The molecule has 1 N–H and O–H groups in total. The number of anilines is 2. The summed E-state index contributed by atoms with van der Waals surface area (Å²) < 4.78 is 67.6. The van der Waals surface area contributed by atoms with Crippen LogP contribution in [0.1, 0.15) is 22.7 Å². The molecule has 0 radical (unpaired) electrons. The van der Waals surface area contributed by atoms with Crippen LogP contribution in [0.3, 0.4) is 0 Å². The molecule has 0 saturated heterocycles. The molecule has 0 aliphatic heterocycles. The van der Waals surface area contributed by atoms with Gasteiger partial charge in [-0.2, -0.15) is 8.97 Å². The standard InChI is InChI=1S/C26H27N3O8S2/c1-35-23-14-21(25(26(30)36-2)28-20-12-10-18(16-27)11-13-20)22(29(38(3,31)32)39(4,33)34)15-24(23)37-17-19-8-6-5-7-9-19/h5-15,25,28H,17H2,1-4H3. The van der Waals surface area contributed by atoms with Gasteiger partial charge in [0.05, 0.1) is 44.1 Å². The Hall–Kier alpha value is -4.28. The second-order valence-corrected chi connectivity index (χ2v) is 12.2. The number of nitrogens with zero attached hydrogens (tertiary/aromatic N) is 2. The lowest BCUT2D eigenvalue weighted by atomic mass is 10.0. The molecule has 3 aromatic carbocycles. The number of carbonyl (C=O) groups is 1. The Morgan fingerprint density at radius 3 is 2.08 bits per heavy atom. The molecule has 39 heavy (non-hydrogen) atoms. The maximum absolute atomic E-state index is 13.0. The molecule has 1 atom stereocenters. The van der Waals surface area contributed by atoms with Crippen LogP contribution in [0.2, 0.25) is 0 Å². The van der Waals surface area contributed by atoms with Crippen molar-refractivity contribution in [3.8, 4) is 17.6 Å². The molecular formula is C26H27N3O8S2. The van der Waals surface area contributed by atoms with Gasteiger partial charge in [0, 0.05) is 17.3 Å². The zero-order chi connectivity index (χ0) is 28.8. The average Bonchev–Trinajstić information content (AvgIpc) is 2.89. The third-order valence-corrected chi connectivity index (χ3v) is 8.65. The van der Waals surface area contributed by atoms with Crippen LogP contribution in [0.25, 0.3) is 0 Å². The van der Waals surface area contributed by atoms with Crippen LogP contribution in [0.4, 0.5) is 11.4 Å². The van der Waals surface area contributed by atoms with Crippen LogP contribution in [0.15, 0.2) is 66.7 Å². The van der Waals surface area contributed by atoms with Crippen LogP contribution in [0.5, 0.6) is 11.5 Å². The highest BCUT2D eigenvalue weighted by Gasteiger charge is 2.35. The van der Waals surface area contributed by atoms with Crippen LogP contribution in [0, 0.1) is 11.3 Å². The van der Waals surface area contributed by atoms with E-state index in [2.05, 4.69) is 5.32 Å². The summed E-state index contributed by atoms with van der Waals surface area (Å²) in [6.07, 6.45) is 1.46. The van der Waals surface area contributed by atoms with E-state index in [9.17, 15) is 21.6 Å². The number of rotatable bonds is 11. The molecule has 0 fully saturated rings. The second-order valence-electron chi connectivity index (χ2n) is 8.35. The lowest BCUT2D eigenvalue weighted by Gasteiger charge is -2.28. The van der Waals surface area contributed by atoms with Gasteiger partial charge in [0.15, 0.2) is 17.5 Å². The zero-order valence-corrected chi connectivity index (χ0v) is 23.2. The van der Waals surface area contributed by atoms with Gasteiger partial charge in [0.1, 0.15) is 6.61 Å². The molecular weight excluding hydrogens is 546 g/mol. The Bertz CT molecular complexity index is 1550. The summed E-state index contributed by atoms with van der Waals surface area (Å²) in [6.45, 7) is 0.0671. The SMILES string of the molecule is COC(=O)C(Nc1ccc(C#N)cc1)c1cc(OC)c(OCc2ccccc2)cc1N(S(C)(=O)=O)S(C)(=O)=O. The number of sulfonamides is 2. The molecule has 0 saturated carbocycles. The van der Waals surface area contributed by atoms with Crippen molar-refractivity contribution in [3.05, 3.63) is 83.4 Å². The molecule has 1 unspecified atom stereocenters. The van der Waals surface area contributed by atoms with Crippen molar-refractivity contribution in [1.29, 1.82) is 5.26 Å². The predicted molar refractivity (Wildman–Crippen MR) is 145 cm³/mol. The van der Waals surface area contributed by atoms with E-state index in [0.29, 0.717) is 11.3 Å². The van der Waals surface area contributed by atoms with Gasteiger partial charge in [-0.3, -0.25) is 0 Å². The summed E-state index contributed by atoms with van der Waals surface area (Å²) in [5, 5.41) is 12.0. The quantitative estimate of drug-likeness (QED) is 0.339. The van der Waals surface area contributed by atoms with E-state index in [0.717, 1.165) is 25.2 Å². The van der Waals surface area contributed by atoms with Crippen molar-refractivity contribution < 1.29 is 35.8 Å². The second kappa shape index (κ2) is 12.1. The van der Waals surface area contributed by atoms with Crippen molar-refractivity contribution >= 4 is 37.4 Å². The number of hydrogen-bond acceptors (Lipinski definition) is 10. The van der Waals surface area contributed by atoms with Crippen LogP contribution in [-0.4, -0.2) is 49.5 Å². The van der Waals surface area contributed by atoms with E-state index in [1.54, 1.807) is 0 Å². The van der Waals surface area contributed by atoms with E-state index in [4.69, 9.17) is 19.5 Å². The Morgan fingerprint density at radius 2 is 1.56 bits per heavy atom. The number of ether oxygens (including phenoxy) is 3. The lowest BCUT2D eigenvalue weighted by Crippen LogP contribution is -2.37. The monoisotopic (exact) mass is 573 g/mol. The Labute approximate surface area is 227 Å². The van der Waals surface area contributed by atoms with E-state index < -0.39 is 32.1 Å². The van der Waals surface area contributed by atoms with Gasteiger partial charge in [-0.05, 0) is 35.9 Å². The maximum atomic E-state index is 13.0. The fourth-order valence-electron chi connectivity index (χ4n) is 3.75. The highest BCUT2D eigenvalue weighted by molar-refractivity contribution is 8.09. The molecule has 206 valence electrons. The number of methoxy groups -OCH3 is 2. The summed E-state index contributed by atoms with van der Waals surface area (Å²) >= 11 is 0. The van der Waals surface area contributed by atoms with Gasteiger partial charge in [-0.1, -0.05) is 30.3 Å². The van der Waals surface area contributed by atoms with Crippen LogP contribution < -0.4 is 18.5 Å². The summed E-state index contributed by atoms with van der Waals surface area (Å²) in [5.74, 6) is -0.691. The zero-order valence-electron chi connectivity index (χ0n) is 21.6. The number of benzene rings is 3. The van der Waals surface area contributed by atoms with E-state index in [1.165, 1.54) is 43.5 Å². The van der Waals surface area contributed by atoms with E-state index in [1.807, 2.05) is 36.4 Å². The van der Waals surface area contributed by atoms with Gasteiger partial charge in [0.2, 0.25) is 20.0 Å². The first-order chi connectivity index (χ1) is 18.4. The number of hydrogen-bond donors (Lipinski definition) is 1. The van der Waals surface area contributed by atoms with Gasteiger partial charge in [-0.15, -0.1) is 0 Å². The molecule has 0 heterocycles. The molecule has 0 aromatic heterocycles. The molecule has 0 aliphatic rings. The Morgan fingerprint density at radius 1 is 0.949 bits per heavy atom. The number of carbonyl (C=O) groups excluding carboxylic acids is 1. The summed E-state index contributed by atoms with van der Waals surface area (Å²) in [7, 11) is -6.35. The fourth-order valence-corrected chi connectivity index (χ4v) is 6.75. The first-order valence-corrected chi connectivity index (χ1v) is 15.0. The molecule has 11 nitrogen and oxygen atoms in total. The normalized spacial score (nSPS) is 12.1. The molecule has 3 aromatic rings. The molecule has 0 amide bonds. The summed E-state index contributed by atoms with van der Waals surface area (Å²) in [4.78, 5) is 13.0. The first-order valence-electron chi connectivity index (χ1n) is 11.3. The third-order valence-electron chi connectivity index (χ3n) is 5.42. The van der Waals surface area contributed by atoms with Gasteiger partial charge in [0.25, 0.3) is 0 Å². The minimum absolute atomic E-state index is 0.0411. The van der Waals surface area contributed by atoms with Gasteiger partial charge in [-0.25, -0.2) is 21.6 Å². The number of nitrogens with one attached hydrogen (secondary N) is 1. The number of esters is 1. The average molecular weight is 574 g/mol. The Balaban J connectivity index is 2.25. The molecule has 0 spiro atoms. The smallest absolute Gasteiger partial charge is 0.333 e. The first kappa shape index (κ1) is 29.3. The van der Waals surface area contributed by atoms with Crippen molar-refractivity contribution in [2.75, 3.05) is 35.8 Å². The van der Waals surface area contributed by atoms with Crippen LogP contribution >= 0.6 is 0 Å². The summed E-state index contributed by atoms with van der Waals surface area (Å²) in [6, 6.07) is 18.3. The van der Waals surface area contributed by atoms with Crippen molar-refractivity contribution in [3.63, 3.8) is 0 Å². The maximum Gasteiger partial charge on any atom is 0.333 e. The van der Waals surface area contributed by atoms with Gasteiger partial charge >= 0.3 is 5.97 Å². The van der Waals surface area contributed by atoms with Gasteiger partial charge < -0.3 is 19.5 Å². The van der Waals surface area contributed by atoms with Crippen molar-refractivity contribution in [2.45, 2.75) is 12.6 Å².